The monoisotopic (exact) mass is 381 g/mol. The molecule has 0 saturated carbocycles. The lowest BCUT2D eigenvalue weighted by Crippen LogP contribution is -2.55. The second kappa shape index (κ2) is 7.80. The van der Waals surface area contributed by atoms with E-state index in [2.05, 4.69) is 4.98 Å². The molecule has 1 unspecified atom stereocenters. The molecule has 1 N–H and O–H groups in total. The maximum absolute atomic E-state index is 12.9. The van der Waals surface area contributed by atoms with Crippen LogP contribution < -0.4 is 5.56 Å². The lowest BCUT2D eigenvalue weighted by atomic mass is 9.73. The largest absolute Gasteiger partial charge is 0.383 e. The van der Waals surface area contributed by atoms with Gasteiger partial charge in [0, 0.05) is 51.3 Å². The number of amides is 2. The molecule has 0 aromatic carbocycles. The molecule has 142 valence electrons. The summed E-state index contributed by atoms with van der Waals surface area (Å²) < 4.78 is 5.11. The highest BCUT2D eigenvalue weighted by Crippen LogP contribution is 2.39. The first-order chi connectivity index (χ1) is 12.4. The first kappa shape index (κ1) is 18.9. The van der Waals surface area contributed by atoms with Gasteiger partial charge in [-0.05, 0) is 25.3 Å². The third-order valence-corrected chi connectivity index (χ3v) is 5.65. The van der Waals surface area contributed by atoms with Crippen molar-refractivity contribution in [2.24, 2.45) is 5.41 Å². The molecule has 2 aliphatic heterocycles. The summed E-state index contributed by atoms with van der Waals surface area (Å²) in [6, 6.07) is 1.42. The Morgan fingerprint density at radius 1 is 1.35 bits per heavy atom. The molecular formula is C18H24ClN3O4. The van der Waals surface area contributed by atoms with Crippen LogP contribution in [-0.2, 0) is 9.53 Å². The van der Waals surface area contributed by atoms with Crippen molar-refractivity contribution in [1.82, 2.24) is 14.8 Å². The number of piperidine rings is 2. The fourth-order valence-corrected chi connectivity index (χ4v) is 4.16. The number of carbonyl (C=O) groups excluding carboxylic acids is 2. The zero-order valence-corrected chi connectivity index (χ0v) is 15.7. The van der Waals surface area contributed by atoms with Crippen LogP contribution >= 0.6 is 11.6 Å². The Balaban J connectivity index is 1.73. The van der Waals surface area contributed by atoms with Crippen LogP contribution in [0.5, 0.6) is 0 Å². The minimum Gasteiger partial charge on any atom is -0.383 e. The Bertz CT molecular complexity index is 750. The fraction of sp³-hybridized carbons (Fsp3) is 0.611. The second-order valence-electron chi connectivity index (χ2n) is 7.20. The van der Waals surface area contributed by atoms with Gasteiger partial charge in [0.25, 0.3) is 11.5 Å². The SMILES string of the molecule is COCCN1CC2(CCCN(C(=O)c3c[nH]c(=O)c(Cl)c3)C2)CCC1=O. The van der Waals surface area contributed by atoms with E-state index in [1.54, 1.807) is 7.11 Å². The number of nitrogens with one attached hydrogen (secondary N) is 1. The van der Waals surface area contributed by atoms with Gasteiger partial charge in [-0.25, -0.2) is 0 Å². The van der Waals surface area contributed by atoms with Crippen molar-refractivity contribution in [3.05, 3.63) is 33.2 Å². The van der Waals surface area contributed by atoms with E-state index in [-0.39, 0.29) is 22.3 Å². The van der Waals surface area contributed by atoms with Crippen molar-refractivity contribution in [2.75, 3.05) is 39.9 Å². The second-order valence-corrected chi connectivity index (χ2v) is 7.61. The number of halogens is 1. The summed E-state index contributed by atoms with van der Waals surface area (Å²) in [5.41, 5.74) is -0.0886. The first-order valence-electron chi connectivity index (χ1n) is 8.88. The average molecular weight is 382 g/mol. The summed E-state index contributed by atoms with van der Waals surface area (Å²) in [5, 5.41) is 0.0107. The third kappa shape index (κ3) is 3.94. The zero-order chi connectivity index (χ0) is 18.7. The van der Waals surface area contributed by atoms with E-state index in [4.69, 9.17) is 16.3 Å². The summed E-state index contributed by atoms with van der Waals surface area (Å²) in [4.78, 5) is 42.6. The molecule has 1 atom stereocenters. The molecule has 2 aliphatic rings. The van der Waals surface area contributed by atoms with Crippen LogP contribution in [0.15, 0.2) is 17.1 Å². The molecule has 1 aromatic heterocycles. The predicted octanol–water partition coefficient (Wildman–Crippen LogP) is 1.52. The molecule has 7 nitrogen and oxygen atoms in total. The van der Waals surface area contributed by atoms with Gasteiger partial charge >= 0.3 is 0 Å². The number of hydrogen-bond acceptors (Lipinski definition) is 4. The minimum atomic E-state index is -0.405. The molecule has 3 rings (SSSR count). The van der Waals surface area contributed by atoms with Gasteiger partial charge < -0.3 is 19.5 Å². The van der Waals surface area contributed by atoms with E-state index in [1.807, 2.05) is 9.80 Å². The van der Waals surface area contributed by atoms with Crippen LogP contribution in [0.2, 0.25) is 5.02 Å². The van der Waals surface area contributed by atoms with Crippen molar-refractivity contribution < 1.29 is 14.3 Å². The highest BCUT2D eigenvalue weighted by atomic mass is 35.5. The predicted molar refractivity (Wildman–Crippen MR) is 97.3 cm³/mol. The van der Waals surface area contributed by atoms with Gasteiger partial charge in [0.1, 0.15) is 5.02 Å². The van der Waals surface area contributed by atoms with Gasteiger partial charge in [0.05, 0.1) is 12.2 Å². The number of pyridine rings is 1. The molecule has 2 fully saturated rings. The number of likely N-dealkylation sites (tertiary alicyclic amines) is 2. The Morgan fingerprint density at radius 2 is 2.15 bits per heavy atom. The maximum atomic E-state index is 12.9. The number of nitrogens with zero attached hydrogens (tertiary/aromatic N) is 2. The van der Waals surface area contributed by atoms with E-state index in [9.17, 15) is 14.4 Å². The topological polar surface area (TPSA) is 82.7 Å². The number of H-pyrrole nitrogens is 1. The highest BCUT2D eigenvalue weighted by molar-refractivity contribution is 6.30. The Hall–Kier alpha value is -1.86. The van der Waals surface area contributed by atoms with Crippen LogP contribution in [0.4, 0.5) is 0 Å². The Morgan fingerprint density at radius 3 is 2.88 bits per heavy atom. The summed E-state index contributed by atoms with van der Waals surface area (Å²) >= 11 is 5.85. The lowest BCUT2D eigenvalue weighted by Gasteiger charge is -2.48. The molecule has 3 heterocycles. The van der Waals surface area contributed by atoms with E-state index in [0.717, 1.165) is 19.3 Å². The molecule has 2 saturated heterocycles. The number of hydrogen-bond donors (Lipinski definition) is 1. The number of methoxy groups -OCH3 is 1. The zero-order valence-electron chi connectivity index (χ0n) is 14.9. The molecule has 26 heavy (non-hydrogen) atoms. The maximum Gasteiger partial charge on any atom is 0.266 e. The van der Waals surface area contributed by atoms with Gasteiger partial charge in [-0.2, -0.15) is 0 Å². The van der Waals surface area contributed by atoms with Crippen molar-refractivity contribution in [3.8, 4) is 0 Å². The van der Waals surface area contributed by atoms with Crippen molar-refractivity contribution in [3.63, 3.8) is 0 Å². The van der Waals surface area contributed by atoms with Crippen molar-refractivity contribution >= 4 is 23.4 Å². The Kier molecular flexibility index (Phi) is 5.67. The van der Waals surface area contributed by atoms with Crippen LogP contribution in [0, 0.1) is 5.41 Å². The smallest absolute Gasteiger partial charge is 0.266 e. The quantitative estimate of drug-likeness (QED) is 0.857. The number of rotatable bonds is 4. The van der Waals surface area contributed by atoms with Gasteiger partial charge in [-0.1, -0.05) is 11.6 Å². The summed E-state index contributed by atoms with van der Waals surface area (Å²) in [6.45, 7) is 3.04. The van der Waals surface area contributed by atoms with Crippen LogP contribution in [0.25, 0.3) is 0 Å². The standard InChI is InChI=1S/C18H24ClN3O4/c1-26-8-7-21-11-18(5-3-15(21)23)4-2-6-22(12-18)17(25)13-9-14(19)16(24)20-10-13/h9-10H,2-8,11-12H2,1H3,(H,20,24). The van der Waals surface area contributed by atoms with E-state index in [1.165, 1.54) is 12.3 Å². The van der Waals surface area contributed by atoms with Crippen LogP contribution in [-0.4, -0.2) is 66.5 Å². The molecule has 2 amide bonds. The average Bonchev–Trinajstić information content (AvgIpc) is 2.64. The summed E-state index contributed by atoms with van der Waals surface area (Å²) in [6.07, 6.45) is 4.61. The summed E-state index contributed by atoms with van der Waals surface area (Å²) in [5.74, 6) is 0.0195. The van der Waals surface area contributed by atoms with Crippen LogP contribution in [0.3, 0.4) is 0 Å². The van der Waals surface area contributed by atoms with E-state index < -0.39 is 5.56 Å². The molecule has 1 spiro atoms. The van der Waals surface area contributed by atoms with Gasteiger partial charge in [-0.3, -0.25) is 14.4 Å². The first-order valence-corrected chi connectivity index (χ1v) is 9.26. The molecular weight excluding hydrogens is 358 g/mol. The van der Waals surface area contributed by atoms with Crippen LogP contribution in [0.1, 0.15) is 36.0 Å². The van der Waals surface area contributed by atoms with E-state index in [0.29, 0.717) is 44.8 Å². The third-order valence-electron chi connectivity index (χ3n) is 5.37. The number of ether oxygens (including phenoxy) is 1. The van der Waals surface area contributed by atoms with Gasteiger partial charge in [-0.15, -0.1) is 0 Å². The molecule has 1 aromatic rings. The molecule has 0 radical (unpaired) electrons. The van der Waals surface area contributed by atoms with E-state index >= 15 is 0 Å². The fourth-order valence-electron chi connectivity index (χ4n) is 3.98. The minimum absolute atomic E-state index is 0.0107. The Labute approximate surface area is 157 Å². The highest BCUT2D eigenvalue weighted by Gasteiger charge is 2.42. The van der Waals surface area contributed by atoms with Gasteiger partial charge in [0.15, 0.2) is 0 Å². The van der Waals surface area contributed by atoms with Crippen molar-refractivity contribution in [1.29, 1.82) is 0 Å². The normalized spacial score (nSPS) is 23.5. The van der Waals surface area contributed by atoms with Crippen molar-refractivity contribution in [2.45, 2.75) is 25.7 Å². The van der Waals surface area contributed by atoms with Gasteiger partial charge in [0.2, 0.25) is 5.91 Å². The number of aromatic amines is 1. The lowest BCUT2D eigenvalue weighted by molar-refractivity contribution is -0.139. The summed E-state index contributed by atoms with van der Waals surface area (Å²) in [7, 11) is 1.63. The molecule has 8 heteroatoms. The molecule has 0 aliphatic carbocycles. The molecule has 0 bridgehead atoms. The number of aromatic nitrogens is 1. The number of carbonyl (C=O) groups is 2.